The van der Waals surface area contributed by atoms with E-state index >= 15 is 0 Å². The van der Waals surface area contributed by atoms with Crippen LogP contribution in [0.2, 0.25) is 0 Å². The van der Waals surface area contributed by atoms with Crippen molar-refractivity contribution in [3.63, 3.8) is 0 Å². The van der Waals surface area contributed by atoms with E-state index in [1.807, 2.05) is 13.0 Å². The molecule has 0 unspecified atom stereocenters. The molecule has 0 saturated carbocycles. The third-order valence-corrected chi connectivity index (χ3v) is 6.02. The molecule has 0 amide bonds. The predicted octanol–water partition coefficient (Wildman–Crippen LogP) is 4.30. The average molecular weight is 457 g/mol. The maximum atomic E-state index is 6.04. The molecule has 0 radical (unpaired) electrons. The van der Waals surface area contributed by atoms with Crippen LogP contribution in [0.1, 0.15) is 16.7 Å². The zero-order valence-electron chi connectivity index (χ0n) is 11.9. The highest BCUT2D eigenvalue weighted by Gasteiger charge is 2.13. The summed E-state index contributed by atoms with van der Waals surface area (Å²) in [6, 6.07) is 6.15. The molecule has 1 aromatic heterocycles. The minimum absolute atomic E-state index is 0.713. The van der Waals surface area contributed by atoms with Crippen LogP contribution >= 0.6 is 38.5 Å². The van der Waals surface area contributed by atoms with Crippen LogP contribution in [-0.4, -0.2) is 15.0 Å². The molecule has 0 aliphatic carbocycles. The number of aryl methyl sites for hydroxylation is 3. The van der Waals surface area contributed by atoms with Gasteiger partial charge in [-0.25, -0.2) is 0 Å². The minimum Gasteiger partial charge on any atom is -0.398 e. The molecule has 21 heavy (non-hydrogen) atoms. The second-order valence-corrected chi connectivity index (χ2v) is 7.04. The number of halogens is 2. The van der Waals surface area contributed by atoms with E-state index in [0.29, 0.717) is 5.69 Å². The van der Waals surface area contributed by atoms with Gasteiger partial charge in [-0.1, -0.05) is 0 Å². The van der Waals surface area contributed by atoms with E-state index in [1.54, 1.807) is 4.80 Å². The summed E-state index contributed by atoms with van der Waals surface area (Å²) in [6.45, 7) is 6.16. The quantitative estimate of drug-likeness (QED) is 0.438. The normalized spacial score (nSPS) is 11.3. The minimum atomic E-state index is 0.713. The van der Waals surface area contributed by atoms with Crippen LogP contribution in [0.25, 0.3) is 16.7 Å². The lowest BCUT2D eigenvalue weighted by Gasteiger charge is -2.06. The van der Waals surface area contributed by atoms with Gasteiger partial charge in [-0.15, -0.1) is 10.2 Å². The topological polar surface area (TPSA) is 56.7 Å². The smallest absolute Gasteiger partial charge is 0.129 e. The summed E-state index contributed by atoms with van der Waals surface area (Å²) in [5.74, 6) is 0. The van der Waals surface area contributed by atoms with Crippen molar-refractivity contribution in [1.29, 1.82) is 0 Å². The van der Waals surface area contributed by atoms with Gasteiger partial charge in [0.15, 0.2) is 0 Å². The van der Waals surface area contributed by atoms with E-state index in [4.69, 9.17) is 5.73 Å². The van der Waals surface area contributed by atoms with Gasteiger partial charge in [0.25, 0.3) is 0 Å². The van der Waals surface area contributed by atoms with Crippen LogP contribution < -0.4 is 5.73 Å². The highest BCUT2D eigenvalue weighted by atomic mass is 127. The van der Waals surface area contributed by atoms with Gasteiger partial charge in [-0.3, -0.25) is 0 Å². The van der Waals surface area contributed by atoms with Crippen molar-refractivity contribution in [3.8, 4) is 5.69 Å². The highest BCUT2D eigenvalue weighted by molar-refractivity contribution is 14.1. The van der Waals surface area contributed by atoms with Gasteiger partial charge in [-0.05, 0) is 94.2 Å². The molecule has 0 aliphatic rings. The van der Waals surface area contributed by atoms with Gasteiger partial charge < -0.3 is 5.73 Å². The van der Waals surface area contributed by atoms with E-state index in [2.05, 4.69) is 74.7 Å². The molecule has 108 valence electrons. The average Bonchev–Trinajstić information content (AvgIpc) is 2.85. The molecule has 6 heteroatoms. The number of benzene rings is 2. The van der Waals surface area contributed by atoms with Crippen molar-refractivity contribution in [3.05, 3.63) is 42.9 Å². The monoisotopic (exact) mass is 456 g/mol. The first-order valence-electron chi connectivity index (χ1n) is 6.47. The standard InChI is InChI=1S/C15H14BrIN4/c1-7-4-10(5-8(2)13(7)17)21-19-11-6-9(3)14(18)12(16)15(11)20-21/h4-6H,18H2,1-3H3. The molecule has 1 heterocycles. The van der Waals surface area contributed by atoms with Gasteiger partial charge in [0, 0.05) is 3.57 Å². The lowest BCUT2D eigenvalue weighted by Crippen LogP contribution is -2.01. The Kier molecular flexibility index (Phi) is 3.69. The first-order chi connectivity index (χ1) is 9.88. The number of fused-ring (bicyclic) bond motifs is 1. The number of nitrogen functional groups attached to an aromatic ring is 1. The number of nitrogens with zero attached hydrogens (tertiary/aromatic N) is 3. The van der Waals surface area contributed by atoms with Crippen molar-refractivity contribution in [1.82, 2.24) is 15.0 Å². The van der Waals surface area contributed by atoms with Gasteiger partial charge in [0.05, 0.1) is 15.8 Å². The fourth-order valence-corrected chi connectivity index (χ4v) is 3.22. The van der Waals surface area contributed by atoms with Gasteiger partial charge in [-0.2, -0.15) is 4.80 Å². The van der Waals surface area contributed by atoms with Crippen molar-refractivity contribution in [2.45, 2.75) is 20.8 Å². The van der Waals surface area contributed by atoms with Crippen LogP contribution in [0, 0.1) is 24.3 Å². The van der Waals surface area contributed by atoms with Crippen molar-refractivity contribution in [2.75, 3.05) is 5.73 Å². The summed E-state index contributed by atoms with van der Waals surface area (Å²) in [4.78, 5) is 1.67. The number of rotatable bonds is 1. The fourth-order valence-electron chi connectivity index (χ4n) is 2.31. The Morgan fingerprint density at radius 1 is 1.05 bits per heavy atom. The van der Waals surface area contributed by atoms with Crippen LogP contribution in [0.15, 0.2) is 22.7 Å². The summed E-state index contributed by atoms with van der Waals surface area (Å²) >= 11 is 5.88. The Hall–Kier alpha value is -1.15. The zero-order chi connectivity index (χ0) is 15.3. The SMILES string of the molecule is Cc1cc2nn(-c3cc(C)c(I)c(C)c3)nc2c(Br)c1N. The maximum absolute atomic E-state index is 6.04. The van der Waals surface area contributed by atoms with E-state index in [9.17, 15) is 0 Å². The van der Waals surface area contributed by atoms with Crippen LogP contribution in [-0.2, 0) is 0 Å². The van der Waals surface area contributed by atoms with Gasteiger partial charge in [0.1, 0.15) is 11.0 Å². The Labute approximate surface area is 145 Å². The first kappa shape index (κ1) is 14.8. The van der Waals surface area contributed by atoms with Crippen molar-refractivity contribution in [2.24, 2.45) is 0 Å². The molecule has 4 nitrogen and oxygen atoms in total. The number of anilines is 1. The Balaban J connectivity index is 2.25. The molecule has 3 aromatic rings. The predicted molar refractivity (Wildman–Crippen MR) is 97.9 cm³/mol. The lowest BCUT2D eigenvalue weighted by atomic mass is 10.1. The van der Waals surface area contributed by atoms with E-state index in [-0.39, 0.29) is 0 Å². The maximum Gasteiger partial charge on any atom is 0.129 e. The molecule has 0 bridgehead atoms. The molecular weight excluding hydrogens is 443 g/mol. The molecule has 0 spiro atoms. The third-order valence-electron chi connectivity index (χ3n) is 3.51. The number of hydrogen-bond acceptors (Lipinski definition) is 3. The van der Waals surface area contributed by atoms with Gasteiger partial charge in [0.2, 0.25) is 0 Å². The van der Waals surface area contributed by atoms with Gasteiger partial charge >= 0.3 is 0 Å². The van der Waals surface area contributed by atoms with Crippen molar-refractivity contribution < 1.29 is 0 Å². The summed E-state index contributed by atoms with van der Waals surface area (Å²) in [6.07, 6.45) is 0. The molecule has 0 fully saturated rings. The summed E-state index contributed by atoms with van der Waals surface area (Å²) in [5.41, 5.74) is 12.8. The Bertz CT molecular complexity index is 847. The molecule has 2 aromatic carbocycles. The van der Waals surface area contributed by atoms with Crippen LogP contribution in [0.5, 0.6) is 0 Å². The van der Waals surface area contributed by atoms with E-state index in [0.717, 1.165) is 26.8 Å². The molecule has 3 rings (SSSR count). The third kappa shape index (κ3) is 2.44. The molecule has 0 aliphatic heterocycles. The molecule has 0 saturated heterocycles. The second-order valence-electron chi connectivity index (χ2n) is 5.17. The first-order valence-corrected chi connectivity index (χ1v) is 8.34. The lowest BCUT2D eigenvalue weighted by molar-refractivity contribution is 0.763. The summed E-state index contributed by atoms with van der Waals surface area (Å²) < 4.78 is 2.08. The highest BCUT2D eigenvalue weighted by Crippen LogP contribution is 2.31. The number of hydrogen-bond donors (Lipinski definition) is 1. The molecular formula is C15H14BrIN4. The number of nitrogens with two attached hydrogens (primary N) is 1. The number of aromatic nitrogens is 3. The second kappa shape index (κ2) is 5.24. The van der Waals surface area contributed by atoms with Crippen LogP contribution in [0.3, 0.4) is 0 Å². The van der Waals surface area contributed by atoms with E-state index in [1.165, 1.54) is 14.7 Å². The Morgan fingerprint density at radius 2 is 1.67 bits per heavy atom. The molecule has 2 N–H and O–H groups in total. The zero-order valence-corrected chi connectivity index (χ0v) is 15.7. The fraction of sp³-hybridized carbons (Fsp3) is 0.200. The Morgan fingerprint density at radius 3 is 2.29 bits per heavy atom. The summed E-state index contributed by atoms with van der Waals surface area (Å²) in [5, 5.41) is 9.15. The van der Waals surface area contributed by atoms with E-state index < -0.39 is 0 Å². The summed E-state index contributed by atoms with van der Waals surface area (Å²) in [7, 11) is 0. The molecule has 0 atom stereocenters. The largest absolute Gasteiger partial charge is 0.398 e. The van der Waals surface area contributed by atoms with Crippen molar-refractivity contribution >= 4 is 55.2 Å². The van der Waals surface area contributed by atoms with Crippen LogP contribution in [0.4, 0.5) is 5.69 Å².